The molecule has 1 saturated heterocycles. The molecule has 2 nitrogen and oxygen atoms in total. The van der Waals surface area contributed by atoms with Crippen molar-refractivity contribution in [1.82, 2.24) is 4.90 Å². The number of nitrogens with zero attached hydrogens (tertiary/aromatic N) is 1. The Bertz CT molecular complexity index is 282. The van der Waals surface area contributed by atoms with Crippen molar-refractivity contribution in [1.29, 1.82) is 0 Å². The summed E-state index contributed by atoms with van der Waals surface area (Å²) in [5.41, 5.74) is 0.460. The molecule has 2 atom stereocenters. The van der Waals surface area contributed by atoms with Crippen molar-refractivity contribution in [2.75, 3.05) is 6.54 Å². The second kappa shape index (κ2) is 4.05. The van der Waals surface area contributed by atoms with Gasteiger partial charge in [0.25, 0.3) is 0 Å². The van der Waals surface area contributed by atoms with Crippen molar-refractivity contribution in [3.63, 3.8) is 0 Å². The summed E-state index contributed by atoms with van der Waals surface area (Å²) >= 11 is 0. The molecule has 1 aliphatic carbocycles. The normalized spacial score (nSPS) is 34.1. The molecule has 0 aromatic rings. The number of fused-ring (bicyclic) bond motifs is 1. The van der Waals surface area contributed by atoms with Gasteiger partial charge in [0.2, 0.25) is 5.91 Å². The molecule has 2 aliphatic rings. The Kier molecular flexibility index (Phi) is 3.02. The number of hydrogen-bond donors (Lipinski definition) is 0. The molecular weight excluding hydrogens is 198 g/mol. The van der Waals surface area contributed by atoms with Crippen LogP contribution in [0, 0.1) is 17.3 Å². The number of carbonyl (C=O) groups excluding carboxylic acids is 1. The van der Waals surface area contributed by atoms with E-state index in [1.54, 1.807) is 0 Å². The third-order valence-corrected chi connectivity index (χ3v) is 4.48. The summed E-state index contributed by atoms with van der Waals surface area (Å²) in [4.78, 5) is 14.4. The summed E-state index contributed by atoms with van der Waals surface area (Å²) in [6.07, 6.45) is 4.79. The molecule has 0 N–H and O–H groups in total. The molecule has 2 rings (SSSR count). The molecule has 0 radical (unpaired) electrons. The molecule has 0 spiro atoms. The molecule has 0 aromatic carbocycles. The van der Waals surface area contributed by atoms with Gasteiger partial charge in [-0.3, -0.25) is 4.79 Å². The molecule has 1 amide bonds. The lowest BCUT2D eigenvalue weighted by atomic mass is 9.64. The van der Waals surface area contributed by atoms with Crippen LogP contribution < -0.4 is 0 Å². The first-order valence-corrected chi connectivity index (χ1v) is 6.71. The highest BCUT2D eigenvalue weighted by Gasteiger charge is 2.43. The molecular formula is C14H25NO. The van der Waals surface area contributed by atoms with Crippen LogP contribution in [0.3, 0.4) is 0 Å². The molecule has 1 aliphatic heterocycles. The summed E-state index contributed by atoms with van der Waals surface area (Å²) in [5.74, 6) is 1.43. The van der Waals surface area contributed by atoms with Gasteiger partial charge in [0, 0.05) is 18.5 Å². The van der Waals surface area contributed by atoms with Crippen LogP contribution in [-0.2, 0) is 4.79 Å². The topological polar surface area (TPSA) is 20.3 Å². The Morgan fingerprint density at radius 3 is 2.62 bits per heavy atom. The first kappa shape index (κ1) is 11.9. The van der Waals surface area contributed by atoms with Crippen molar-refractivity contribution < 1.29 is 4.79 Å². The lowest BCUT2D eigenvalue weighted by Gasteiger charge is -2.46. The van der Waals surface area contributed by atoms with E-state index in [9.17, 15) is 4.79 Å². The smallest absolute Gasteiger partial charge is 0.226 e. The molecule has 0 aromatic heterocycles. The largest absolute Gasteiger partial charge is 0.340 e. The highest BCUT2D eigenvalue weighted by atomic mass is 16.2. The number of piperidine rings is 1. The minimum Gasteiger partial charge on any atom is -0.340 e. The molecule has 16 heavy (non-hydrogen) atoms. The molecule has 0 bridgehead atoms. The van der Waals surface area contributed by atoms with Gasteiger partial charge in [-0.25, -0.2) is 0 Å². The zero-order valence-corrected chi connectivity index (χ0v) is 11.1. The van der Waals surface area contributed by atoms with E-state index in [2.05, 4.69) is 32.6 Å². The van der Waals surface area contributed by atoms with Gasteiger partial charge in [-0.15, -0.1) is 0 Å². The van der Waals surface area contributed by atoms with E-state index in [0.717, 1.165) is 13.0 Å². The average Bonchev–Trinajstić information content (AvgIpc) is 2.15. The van der Waals surface area contributed by atoms with E-state index in [1.807, 2.05) is 0 Å². The van der Waals surface area contributed by atoms with Gasteiger partial charge in [-0.2, -0.15) is 0 Å². The fraction of sp³-hybridized carbons (Fsp3) is 0.929. The number of rotatable bonds is 1. The van der Waals surface area contributed by atoms with E-state index < -0.39 is 0 Å². The summed E-state index contributed by atoms with van der Waals surface area (Å²) in [6.45, 7) is 9.94. The first-order chi connectivity index (χ1) is 7.41. The zero-order chi connectivity index (χ0) is 11.9. The maximum atomic E-state index is 12.3. The van der Waals surface area contributed by atoms with Gasteiger partial charge in [0.15, 0.2) is 0 Å². The van der Waals surface area contributed by atoms with Crippen LogP contribution >= 0.6 is 0 Å². The quantitative estimate of drug-likeness (QED) is 0.669. The van der Waals surface area contributed by atoms with Crippen molar-refractivity contribution >= 4 is 5.91 Å². The van der Waals surface area contributed by atoms with Gasteiger partial charge < -0.3 is 4.90 Å². The lowest BCUT2D eigenvalue weighted by Crippen LogP contribution is -2.51. The summed E-state index contributed by atoms with van der Waals surface area (Å²) in [7, 11) is 0. The third kappa shape index (κ3) is 2.11. The van der Waals surface area contributed by atoms with Crippen LogP contribution in [0.15, 0.2) is 0 Å². The fourth-order valence-corrected chi connectivity index (χ4v) is 3.51. The van der Waals surface area contributed by atoms with Gasteiger partial charge >= 0.3 is 0 Å². The van der Waals surface area contributed by atoms with Crippen molar-refractivity contribution in [3.05, 3.63) is 0 Å². The Morgan fingerprint density at radius 2 is 2.00 bits per heavy atom. The van der Waals surface area contributed by atoms with Gasteiger partial charge in [0.05, 0.1) is 0 Å². The SMILES string of the molecule is CC(C)N1CCC2CC(C)(C)CCC2C1=O. The number of amides is 1. The van der Waals surface area contributed by atoms with Crippen LogP contribution in [0.25, 0.3) is 0 Å². The van der Waals surface area contributed by atoms with Gasteiger partial charge in [-0.1, -0.05) is 13.8 Å². The average molecular weight is 223 g/mol. The van der Waals surface area contributed by atoms with Crippen molar-refractivity contribution in [3.8, 4) is 0 Å². The first-order valence-electron chi connectivity index (χ1n) is 6.71. The second-order valence-electron chi connectivity index (χ2n) is 6.69. The molecule has 2 unspecified atom stereocenters. The Morgan fingerprint density at radius 1 is 1.31 bits per heavy atom. The Balaban J connectivity index is 2.08. The molecule has 92 valence electrons. The Hall–Kier alpha value is -0.530. The highest BCUT2D eigenvalue weighted by molar-refractivity contribution is 5.80. The molecule has 2 heteroatoms. The Labute approximate surface area is 99.4 Å². The number of carbonyl (C=O) groups is 1. The van der Waals surface area contributed by atoms with Gasteiger partial charge in [0.1, 0.15) is 0 Å². The van der Waals surface area contributed by atoms with Crippen molar-refractivity contribution in [2.24, 2.45) is 17.3 Å². The minimum absolute atomic E-state index is 0.337. The number of likely N-dealkylation sites (tertiary alicyclic amines) is 1. The van der Waals surface area contributed by atoms with E-state index in [4.69, 9.17) is 0 Å². The summed E-state index contributed by atoms with van der Waals surface area (Å²) in [5, 5.41) is 0. The predicted octanol–water partition coefficient (Wildman–Crippen LogP) is 3.07. The molecule has 1 heterocycles. The maximum Gasteiger partial charge on any atom is 0.226 e. The lowest BCUT2D eigenvalue weighted by molar-refractivity contribution is -0.146. The second-order valence-corrected chi connectivity index (χ2v) is 6.69. The van der Waals surface area contributed by atoms with Crippen LogP contribution in [0.4, 0.5) is 0 Å². The predicted molar refractivity (Wildman–Crippen MR) is 66.1 cm³/mol. The highest BCUT2D eigenvalue weighted by Crippen LogP contribution is 2.45. The maximum absolute atomic E-state index is 12.3. The van der Waals surface area contributed by atoms with E-state index >= 15 is 0 Å². The van der Waals surface area contributed by atoms with Crippen LogP contribution in [0.5, 0.6) is 0 Å². The number of hydrogen-bond acceptors (Lipinski definition) is 1. The minimum atomic E-state index is 0.337. The fourth-order valence-electron chi connectivity index (χ4n) is 3.51. The van der Waals surface area contributed by atoms with E-state index in [-0.39, 0.29) is 0 Å². The van der Waals surface area contributed by atoms with Crippen molar-refractivity contribution in [2.45, 2.75) is 59.4 Å². The van der Waals surface area contributed by atoms with Gasteiger partial charge in [-0.05, 0) is 50.9 Å². The molecule has 2 fully saturated rings. The third-order valence-electron chi connectivity index (χ3n) is 4.48. The van der Waals surface area contributed by atoms with Crippen LogP contribution in [0.1, 0.15) is 53.4 Å². The molecule has 1 saturated carbocycles. The standard InChI is InChI=1S/C14H25NO/c1-10(2)15-8-6-11-9-14(3,4)7-5-12(11)13(15)16/h10-12H,5-9H2,1-4H3. The van der Waals surface area contributed by atoms with Crippen LogP contribution in [0.2, 0.25) is 0 Å². The van der Waals surface area contributed by atoms with E-state index in [1.165, 1.54) is 19.3 Å². The van der Waals surface area contributed by atoms with Crippen LogP contribution in [-0.4, -0.2) is 23.4 Å². The zero-order valence-electron chi connectivity index (χ0n) is 11.1. The summed E-state index contributed by atoms with van der Waals surface area (Å²) in [6, 6.07) is 0.378. The summed E-state index contributed by atoms with van der Waals surface area (Å²) < 4.78 is 0. The van der Waals surface area contributed by atoms with E-state index in [0.29, 0.717) is 29.2 Å². The monoisotopic (exact) mass is 223 g/mol.